The third kappa shape index (κ3) is 3.62. The lowest BCUT2D eigenvalue weighted by atomic mass is 9.95. The van der Waals surface area contributed by atoms with Gasteiger partial charge in [0.25, 0.3) is 0 Å². The molecular formula is C14H22BrNO2. The molecule has 0 saturated heterocycles. The van der Waals surface area contributed by atoms with E-state index in [1.807, 2.05) is 12.1 Å². The van der Waals surface area contributed by atoms with Gasteiger partial charge in [0.15, 0.2) is 11.5 Å². The number of rotatable bonds is 6. The monoisotopic (exact) mass is 315 g/mol. The maximum absolute atomic E-state index is 6.26. The van der Waals surface area contributed by atoms with Crippen LogP contribution in [-0.4, -0.2) is 14.2 Å². The van der Waals surface area contributed by atoms with Crippen molar-refractivity contribution in [1.82, 2.24) is 0 Å². The van der Waals surface area contributed by atoms with Crippen molar-refractivity contribution in [2.24, 2.45) is 11.7 Å². The van der Waals surface area contributed by atoms with E-state index >= 15 is 0 Å². The van der Waals surface area contributed by atoms with Crippen LogP contribution in [0.15, 0.2) is 16.6 Å². The lowest BCUT2D eigenvalue weighted by Gasteiger charge is -2.19. The summed E-state index contributed by atoms with van der Waals surface area (Å²) in [5.74, 6) is 2.04. The van der Waals surface area contributed by atoms with E-state index in [0.29, 0.717) is 11.7 Å². The second kappa shape index (κ2) is 7.00. The molecule has 18 heavy (non-hydrogen) atoms. The molecule has 0 bridgehead atoms. The highest BCUT2D eigenvalue weighted by atomic mass is 79.9. The Labute approximate surface area is 118 Å². The van der Waals surface area contributed by atoms with Crippen LogP contribution in [0.2, 0.25) is 0 Å². The van der Waals surface area contributed by atoms with Gasteiger partial charge in [-0.1, -0.05) is 36.2 Å². The van der Waals surface area contributed by atoms with Crippen molar-refractivity contribution in [2.45, 2.75) is 32.7 Å². The van der Waals surface area contributed by atoms with E-state index in [2.05, 4.69) is 29.8 Å². The first-order chi connectivity index (χ1) is 8.53. The van der Waals surface area contributed by atoms with Crippen LogP contribution in [0.25, 0.3) is 0 Å². The summed E-state index contributed by atoms with van der Waals surface area (Å²) in [6.45, 7) is 4.40. The fourth-order valence-corrected chi connectivity index (χ4v) is 2.50. The number of benzene rings is 1. The summed E-state index contributed by atoms with van der Waals surface area (Å²) >= 11 is 3.55. The van der Waals surface area contributed by atoms with Crippen LogP contribution in [0.4, 0.5) is 0 Å². The van der Waals surface area contributed by atoms with Crippen LogP contribution in [0.1, 0.15) is 38.3 Å². The summed E-state index contributed by atoms with van der Waals surface area (Å²) in [6.07, 6.45) is 2.10. The Morgan fingerprint density at radius 2 is 1.78 bits per heavy atom. The van der Waals surface area contributed by atoms with Crippen molar-refractivity contribution in [2.75, 3.05) is 14.2 Å². The summed E-state index contributed by atoms with van der Waals surface area (Å²) in [6, 6.07) is 3.87. The molecule has 2 N–H and O–H groups in total. The van der Waals surface area contributed by atoms with E-state index in [1.54, 1.807) is 14.2 Å². The van der Waals surface area contributed by atoms with Gasteiger partial charge < -0.3 is 15.2 Å². The molecule has 0 radical (unpaired) electrons. The van der Waals surface area contributed by atoms with E-state index in [4.69, 9.17) is 15.2 Å². The molecule has 4 heteroatoms. The SMILES string of the molecule is CCC(C)CC(N)c1cc(OC)c(OC)cc1Br. The minimum absolute atomic E-state index is 0.00845. The van der Waals surface area contributed by atoms with Crippen LogP contribution in [0.5, 0.6) is 11.5 Å². The average molecular weight is 316 g/mol. The maximum Gasteiger partial charge on any atom is 0.161 e. The summed E-state index contributed by atoms with van der Waals surface area (Å²) in [5.41, 5.74) is 7.32. The highest BCUT2D eigenvalue weighted by Gasteiger charge is 2.16. The van der Waals surface area contributed by atoms with Crippen molar-refractivity contribution in [3.63, 3.8) is 0 Å². The number of nitrogens with two attached hydrogens (primary N) is 1. The Morgan fingerprint density at radius 1 is 1.22 bits per heavy atom. The third-order valence-corrected chi connectivity index (χ3v) is 3.94. The quantitative estimate of drug-likeness (QED) is 0.865. The van der Waals surface area contributed by atoms with Gasteiger partial charge >= 0.3 is 0 Å². The van der Waals surface area contributed by atoms with Gasteiger partial charge in [0.2, 0.25) is 0 Å². The van der Waals surface area contributed by atoms with Gasteiger partial charge in [-0.05, 0) is 30.0 Å². The molecule has 1 rings (SSSR count). The Balaban J connectivity index is 3.01. The molecule has 2 atom stereocenters. The second-order valence-electron chi connectivity index (χ2n) is 4.58. The predicted octanol–water partition coefficient (Wildman–Crippen LogP) is 3.90. The average Bonchev–Trinajstić information content (AvgIpc) is 2.37. The van der Waals surface area contributed by atoms with Crippen LogP contribution < -0.4 is 15.2 Å². The summed E-state index contributed by atoms with van der Waals surface area (Å²) in [7, 11) is 3.26. The van der Waals surface area contributed by atoms with Crippen molar-refractivity contribution in [3.05, 3.63) is 22.2 Å². The number of hydrogen-bond acceptors (Lipinski definition) is 3. The minimum Gasteiger partial charge on any atom is -0.493 e. The smallest absolute Gasteiger partial charge is 0.161 e. The summed E-state index contributed by atoms with van der Waals surface area (Å²) < 4.78 is 11.5. The van der Waals surface area contributed by atoms with Crippen LogP contribution >= 0.6 is 15.9 Å². The standard InChI is InChI=1S/C14H22BrNO2/c1-5-9(2)6-12(16)10-7-13(17-3)14(18-4)8-11(10)15/h7-9,12H,5-6,16H2,1-4H3. The molecule has 0 saturated carbocycles. The molecule has 0 aliphatic heterocycles. The summed E-state index contributed by atoms with van der Waals surface area (Å²) in [4.78, 5) is 0. The Morgan fingerprint density at radius 3 is 2.28 bits per heavy atom. The van der Waals surface area contributed by atoms with Gasteiger partial charge in [0.05, 0.1) is 14.2 Å². The first-order valence-corrected chi connectivity index (χ1v) is 6.99. The fourth-order valence-electron chi connectivity index (χ4n) is 1.88. The molecule has 102 valence electrons. The van der Waals surface area contributed by atoms with Gasteiger partial charge in [-0.3, -0.25) is 0 Å². The summed E-state index contributed by atoms with van der Waals surface area (Å²) in [5, 5.41) is 0. The van der Waals surface area contributed by atoms with Gasteiger partial charge in [0.1, 0.15) is 0 Å². The topological polar surface area (TPSA) is 44.5 Å². The second-order valence-corrected chi connectivity index (χ2v) is 5.44. The molecule has 1 aromatic rings. The van der Waals surface area contributed by atoms with E-state index in [9.17, 15) is 0 Å². The number of hydrogen-bond donors (Lipinski definition) is 1. The largest absolute Gasteiger partial charge is 0.493 e. The first kappa shape index (κ1) is 15.3. The number of ether oxygens (including phenoxy) is 2. The molecule has 1 aromatic carbocycles. The molecule has 3 nitrogen and oxygen atoms in total. The normalized spacial score (nSPS) is 14.1. The molecule has 0 aromatic heterocycles. The molecular weight excluding hydrogens is 294 g/mol. The third-order valence-electron chi connectivity index (χ3n) is 3.26. The molecule has 0 amide bonds. The highest BCUT2D eigenvalue weighted by molar-refractivity contribution is 9.10. The number of methoxy groups -OCH3 is 2. The predicted molar refractivity (Wildman–Crippen MR) is 78.2 cm³/mol. The zero-order valence-corrected chi connectivity index (χ0v) is 13.1. The fraction of sp³-hybridized carbons (Fsp3) is 0.571. The van der Waals surface area contributed by atoms with Gasteiger partial charge in [-0.15, -0.1) is 0 Å². The molecule has 0 fully saturated rings. The van der Waals surface area contributed by atoms with E-state index in [-0.39, 0.29) is 6.04 Å². The van der Waals surface area contributed by atoms with Crippen LogP contribution in [0.3, 0.4) is 0 Å². The molecule has 0 aliphatic rings. The van der Waals surface area contributed by atoms with Crippen molar-refractivity contribution >= 4 is 15.9 Å². The molecule has 0 aliphatic carbocycles. The van der Waals surface area contributed by atoms with Crippen molar-refractivity contribution in [3.8, 4) is 11.5 Å². The van der Waals surface area contributed by atoms with Crippen LogP contribution in [-0.2, 0) is 0 Å². The Hall–Kier alpha value is -0.740. The first-order valence-electron chi connectivity index (χ1n) is 6.20. The zero-order chi connectivity index (χ0) is 13.7. The van der Waals surface area contributed by atoms with Crippen molar-refractivity contribution < 1.29 is 9.47 Å². The molecule has 2 unspecified atom stereocenters. The van der Waals surface area contributed by atoms with Gasteiger partial charge in [-0.25, -0.2) is 0 Å². The Kier molecular flexibility index (Phi) is 5.96. The van der Waals surface area contributed by atoms with E-state index in [0.717, 1.165) is 28.6 Å². The minimum atomic E-state index is 0.00845. The Bertz CT molecular complexity index is 396. The van der Waals surface area contributed by atoms with Crippen molar-refractivity contribution in [1.29, 1.82) is 0 Å². The lowest BCUT2D eigenvalue weighted by molar-refractivity contribution is 0.353. The molecule has 0 heterocycles. The molecule has 0 spiro atoms. The zero-order valence-electron chi connectivity index (χ0n) is 11.5. The maximum atomic E-state index is 6.26. The van der Waals surface area contributed by atoms with E-state index < -0.39 is 0 Å². The highest BCUT2D eigenvalue weighted by Crippen LogP contribution is 2.37. The number of halogens is 1. The van der Waals surface area contributed by atoms with Gasteiger partial charge in [0, 0.05) is 10.5 Å². The lowest BCUT2D eigenvalue weighted by Crippen LogP contribution is -2.14. The van der Waals surface area contributed by atoms with Crippen LogP contribution in [0, 0.1) is 5.92 Å². The van der Waals surface area contributed by atoms with E-state index in [1.165, 1.54) is 0 Å². The van der Waals surface area contributed by atoms with Gasteiger partial charge in [-0.2, -0.15) is 0 Å².